The van der Waals surface area contributed by atoms with E-state index in [2.05, 4.69) is 40.7 Å². The van der Waals surface area contributed by atoms with Crippen molar-refractivity contribution >= 4 is 11.9 Å². The molecule has 0 spiro atoms. The Morgan fingerprint density at radius 1 is 1.04 bits per heavy atom. The van der Waals surface area contributed by atoms with E-state index in [0.717, 1.165) is 12.0 Å². The van der Waals surface area contributed by atoms with Crippen molar-refractivity contribution in [2.75, 3.05) is 0 Å². The molecule has 0 fully saturated rings. The summed E-state index contributed by atoms with van der Waals surface area (Å²) in [5, 5.41) is 7.93. The minimum atomic E-state index is -0.520. The quantitative estimate of drug-likeness (QED) is 0.677. The van der Waals surface area contributed by atoms with E-state index in [1.165, 1.54) is 11.1 Å². The summed E-state index contributed by atoms with van der Waals surface area (Å²) in [5.74, 6) is -0.214. The van der Waals surface area contributed by atoms with Crippen molar-refractivity contribution in [1.29, 1.82) is 0 Å². The van der Waals surface area contributed by atoms with Crippen LogP contribution in [0.3, 0.4) is 0 Å². The van der Waals surface area contributed by atoms with Gasteiger partial charge in [0.25, 0.3) is 5.91 Å². The second-order valence-electron chi connectivity index (χ2n) is 6.70. The molecule has 2 atom stereocenters. The molecule has 1 aliphatic heterocycles. The highest BCUT2D eigenvalue weighted by atomic mass is 16.2. The van der Waals surface area contributed by atoms with E-state index in [-0.39, 0.29) is 29.1 Å². The zero-order valence-corrected chi connectivity index (χ0v) is 14.7. The van der Waals surface area contributed by atoms with Crippen LogP contribution < -0.4 is 21.7 Å². The van der Waals surface area contributed by atoms with Crippen molar-refractivity contribution in [2.45, 2.75) is 18.4 Å². The van der Waals surface area contributed by atoms with Gasteiger partial charge in [0, 0.05) is 5.92 Å². The first-order valence-corrected chi connectivity index (χ1v) is 8.76. The van der Waals surface area contributed by atoms with Crippen LogP contribution >= 0.6 is 0 Å². The highest BCUT2D eigenvalue weighted by molar-refractivity contribution is 6.00. The van der Waals surface area contributed by atoms with E-state index >= 15 is 0 Å². The first kappa shape index (κ1) is 16.9. The molecule has 0 bridgehead atoms. The Kier molecular flexibility index (Phi) is 4.16. The van der Waals surface area contributed by atoms with Gasteiger partial charge in [0.05, 0.1) is 17.4 Å². The lowest BCUT2D eigenvalue weighted by atomic mass is 9.93. The fourth-order valence-corrected chi connectivity index (χ4v) is 3.75. The van der Waals surface area contributed by atoms with Crippen molar-refractivity contribution in [2.24, 2.45) is 5.73 Å². The molecule has 2 aliphatic rings. The van der Waals surface area contributed by atoms with Crippen LogP contribution in [0, 0.1) is 0 Å². The molecule has 5 N–H and O–H groups in total. The minimum Gasteiger partial charge on any atom is -0.395 e. The molecule has 2 aromatic rings. The molecule has 0 saturated heterocycles. The topological polar surface area (TPSA) is 96.2 Å². The third-order valence-electron chi connectivity index (χ3n) is 5.05. The Bertz CT molecular complexity index is 965. The molecule has 0 radical (unpaired) electrons. The van der Waals surface area contributed by atoms with Crippen LogP contribution in [-0.4, -0.2) is 11.9 Å². The molecule has 136 valence electrons. The molecule has 27 heavy (non-hydrogen) atoms. The van der Waals surface area contributed by atoms with E-state index in [1.807, 2.05) is 36.4 Å². The number of carbonyl (C=O) groups is 2. The van der Waals surface area contributed by atoms with Gasteiger partial charge in [-0.1, -0.05) is 61.2 Å². The number of hydrogen-bond donors (Lipinski definition) is 4. The molecule has 4 rings (SSSR count). The van der Waals surface area contributed by atoms with Crippen LogP contribution in [-0.2, 0) is 4.79 Å². The van der Waals surface area contributed by atoms with Crippen LogP contribution in [0.4, 0.5) is 4.79 Å². The van der Waals surface area contributed by atoms with Gasteiger partial charge in [-0.3, -0.25) is 4.79 Å². The van der Waals surface area contributed by atoms with Crippen LogP contribution in [0.25, 0.3) is 0 Å². The summed E-state index contributed by atoms with van der Waals surface area (Å²) in [5.41, 5.74) is 9.80. The molecule has 6 heteroatoms. The summed E-state index contributed by atoms with van der Waals surface area (Å²) in [6, 6.07) is 17.6. The summed E-state index contributed by atoms with van der Waals surface area (Å²) >= 11 is 0. The molecule has 0 unspecified atom stereocenters. The molecule has 3 amide bonds. The third kappa shape index (κ3) is 3.06. The van der Waals surface area contributed by atoms with Gasteiger partial charge in [-0.15, -0.1) is 0 Å². The molecular weight excluding hydrogens is 340 g/mol. The van der Waals surface area contributed by atoms with Crippen molar-refractivity contribution in [1.82, 2.24) is 16.0 Å². The normalized spacial score (nSPS) is 21.3. The lowest BCUT2D eigenvalue weighted by molar-refractivity contribution is -0.118. The van der Waals surface area contributed by atoms with Gasteiger partial charge >= 0.3 is 6.03 Å². The maximum absolute atomic E-state index is 12.8. The minimum absolute atomic E-state index is 0.0318. The predicted octanol–water partition coefficient (Wildman–Crippen LogP) is 2.38. The Morgan fingerprint density at radius 2 is 1.70 bits per heavy atom. The molecule has 0 saturated carbocycles. The maximum Gasteiger partial charge on any atom is 0.323 e. The average molecular weight is 360 g/mol. The predicted molar refractivity (Wildman–Crippen MR) is 102 cm³/mol. The average Bonchev–Trinajstić information content (AvgIpc) is 3.04. The number of benzene rings is 2. The Morgan fingerprint density at radius 3 is 2.44 bits per heavy atom. The number of nitrogens with two attached hydrogens (primary N) is 1. The Labute approximate surface area is 157 Å². The zero-order valence-electron chi connectivity index (χ0n) is 14.7. The summed E-state index contributed by atoms with van der Waals surface area (Å²) < 4.78 is 0. The zero-order chi connectivity index (χ0) is 19.0. The first-order chi connectivity index (χ1) is 13.0. The second kappa shape index (κ2) is 6.64. The molecule has 1 heterocycles. The van der Waals surface area contributed by atoms with E-state index in [0.29, 0.717) is 0 Å². The fourth-order valence-electron chi connectivity index (χ4n) is 3.75. The fraction of sp³-hybridized carbons (Fsp3) is 0.143. The van der Waals surface area contributed by atoms with E-state index in [1.54, 1.807) is 0 Å². The standard InChI is InChI=1S/C21H20N4O2/c1-12-18(22)19(25-21(27)23-12)20(26)24-17-11-16(13-7-3-2-4-8-13)14-9-5-6-10-15(14)17/h2-10,16-17H,1,11,22H2,(H,24,26)(H2,23,25,27)/t16-,17-/m1/s1. The van der Waals surface area contributed by atoms with Crippen molar-refractivity contribution in [3.8, 4) is 0 Å². The van der Waals surface area contributed by atoms with Crippen LogP contribution in [0.2, 0.25) is 0 Å². The number of hydrogen-bond acceptors (Lipinski definition) is 3. The van der Waals surface area contributed by atoms with Crippen LogP contribution in [0.1, 0.15) is 35.1 Å². The highest BCUT2D eigenvalue weighted by Crippen LogP contribution is 2.43. The van der Waals surface area contributed by atoms with E-state index < -0.39 is 11.9 Å². The smallest absolute Gasteiger partial charge is 0.323 e. The summed E-state index contributed by atoms with van der Waals surface area (Å²) in [6.45, 7) is 3.66. The lowest BCUT2D eigenvalue weighted by Crippen LogP contribution is -2.47. The molecule has 1 aliphatic carbocycles. The molecule has 6 nitrogen and oxygen atoms in total. The lowest BCUT2D eigenvalue weighted by Gasteiger charge is -2.22. The Balaban J connectivity index is 1.62. The monoisotopic (exact) mass is 360 g/mol. The second-order valence-corrected chi connectivity index (χ2v) is 6.70. The van der Waals surface area contributed by atoms with Crippen molar-refractivity contribution in [3.05, 3.63) is 95.0 Å². The van der Waals surface area contributed by atoms with E-state index in [4.69, 9.17) is 5.73 Å². The number of nitrogens with one attached hydrogen (secondary N) is 3. The van der Waals surface area contributed by atoms with Gasteiger partial charge in [0.2, 0.25) is 0 Å². The van der Waals surface area contributed by atoms with Gasteiger partial charge in [0.1, 0.15) is 5.70 Å². The van der Waals surface area contributed by atoms with Gasteiger partial charge in [0.15, 0.2) is 0 Å². The van der Waals surface area contributed by atoms with Crippen LogP contribution in [0.15, 0.2) is 78.3 Å². The number of rotatable bonds is 3. The highest BCUT2D eigenvalue weighted by Gasteiger charge is 2.34. The molecule has 0 aromatic heterocycles. The van der Waals surface area contributed by atoms with Crippen LogP contribution in [0.5, 0.6) is 0 Å². The van der Waals surface area contributed by atoms with Gasteiger partial charge in [-0.25, -0.2) is 4.79 Å². The summed E-state index contributed by atoms with van der Waals surface area (Å²) in [4.78, 5) is 24.4. The first-order valence-electron chi connectivity index (χ1n) is 8.76. The number of amides is 3. The van der Waals surface area contributed by atoms with Gasteiger partial charge < -0.3 is 21.7 Å². The van der Waals surface area contributed by atoms with Gasteiger partial charge in [-0.05, 0) is 23.1 Å². The van der Waals surface area contributed by atoms with E-state index in [9.17, 15) is 9.59 Å². The van der Waals surface area contributed by atoms with Gasteiger partial charge in [-0.2, -0.15) is 0 Å². The summed E-state index contributed by atoms with van der Waals surface area (Å²) in [6.07, 6.45) is 0.745. The number of fused-ring (bicyclic) bond motifs is 1. The SMILES string of the molecule is C=C1NC(=O)NC(C(=O)N[C@@H]2C[C@H](c3ccccc3)c3ccccc32)=C1N. The maximum atomic E-state index is 12.8. The summed E-state index contributed by atoms with van der Waals surface area (Å²) in [7, 11) is 0. The number of carbonyl (C=O) groups excluding carboxylic acids is 2. The number of urea groups is 1. The Hall–Kier alpha value is -3.54. The van der Waals surface area contributed by atoms with Crippen molar-refractivity contribution < 1.29 is 9.59 Å². The van der Waals surface area contributed by atoms with Crippen molar-refractivity contribution in [3.63, 3.8) is 0 Å². The third-order valence-corrected chi connectivity index (χ3v) is 5.05. The molecule has 2 aromatic carbocycles. The molecular formula is C21H20N4O2. The largest absolute Gasteiger partial charge is 0.395 e.